The van der Waals surface area contributed by atoms with E-state index < -0.39 is 6.10 Å². The monoisotopic (exact) mass is 333 g/mol. The molecule has 0 radical (unpaired) electrons. The average molecular weight is 334 g/mol. The molecule has 2 aromatic carbocycles. The first-order chi connectivity index (χ1) is 11.1. The van der Waals surface area contributed by atoms with Crippen LogP contribution in [0.2, 0.25) is 5.02 Å². The van der Waals surface area contributed by atoms with Gasteiger partial charge >= 0.3 is 0 Å². The molecule has 5 heteroatoms. The number of benzene rings is 2. The van der Waals surface area contributed by atoms with Gasteiger partial charge in [-0.2, -0.15) is 0 Å². The third-order valence-corrected chi connectivity index (χ3v) is 3.76. The van der Waals surface area contributed by atoms with Crippen molar-refractivity contribution in [3.8, 4) is 5.75 Å². The molecule has 0 fully saturated rings. The van der Waals surface area contributed by atoms with Gasteiger partial charge in [-0.05, 0) is 31.0 Å². The van der Waals surface area contributed by atoms with Crippen LogP contribution in [0.3, 0.4) is 0 Å². The van der Waals surface area contributed by atoms with Crippen molar-refractivity contribution in [2.45, 2.75) is 25.5 Å². The van der Waals surface area contributed by atoms with Gasteiger partial charge in [0, 0.05) is 6.61 Å². The smallest absolute Gasteiger partial charge is 0.261 e. The lowest BCUT2D eigenvalue weighted by Crippen LogP contribution is -2.39. The Bertz CT molecular complexity index is 633. The zero-order valence-corrected chi connectivity index (χ0v) is 13.7. The number of rotatable bonds is 7. The molecule has 0 heterocycles. The van der Waals surface area contributed by atoms with Gasteiger partial charge in [0.1, 0.15) is 5.75 Å². The van der Waals surface area contributed by atoms with E-state index in [0.29, 0.717) is 17.2 Å². The Labute approximate surface area is 141 Å². The highest BCUT2D eigenvalue weighted by Gasteiger charge is 2.20. The van der Waals surface area contributed by atoms with Gasteiger partial charge in [-0.15, -0.1) is 0 Å². The standard InChI is InChI=1S/C18H20ClNO3/c1-13(23-17-10-6-5-9-15(17)19)18(22)20-16(11-12-21)14-7-3-2-4-8-14/h2-10,13,16,21H,11-12H2,1H3,(H,20,22). The van der Waals surface area contributed by atoms with E-state index in [1.165, 1.54) is 0 Å². The molecule has 122 valence electrons. The Hall–Kier alpha value is -2.04. The molecule has 0 aliphatic rings. The van der Waals surface area contributed by atoms with Crippen molar-refractivity contribution in [3.63, 3.8) is 0 Å². The Morgan fingerprint density at radius 1 is 1.17 bits per heavy atom. The van der Waals surface area contributed by atoms with E-state index in [9.17, 15) is 9.90 Å². The van der Waals surface area contributed by atoms with Crippen molar-refractivity contribution < 1.29 is 14.6 Å². The quantitative estimate of drug-likeness (QED) is 0.817. The fraction of sp³-hybridized carbons (Fsp3) is 0.278. The molecule has 2 rings (SSSR count). The number of halogens is 1. The van der Waals surface area contributed by atoms with Crippen LogP contribution in [0.5, 0.6) is 5.75 Å². The molecule has 0 saturated carbocycles. The summed E-state index contributed by atoms with van der Waals surface area (Å²) >= 11 is 6.03. The van der Waals surface area contributed by atoms with E-state index in [2.05, 4.69) is 5.32 Å². The number of para-hydroxylation sites is 1. The van der Waals surface area contributed by atoms with E-state index in [4.69, 9.17) is 16.3 Å². The van der Waals surface area contributed by atoms with E-state index in [-0.39, 0.29) is 18.6 Å². The van der Waals surface area contributed by atoms with Gasteiger partial charge in [0.05, 0.1) is 11.1 Å². The summed E-state index contributed by atoms with van der Waals surface area (Å²) in [5.41, 5.74) is 0.944. The number of nitrogens with one attached hydrogen (secondary N) is 1. The minimum absolute atomic E-state index is 0.0143. The van der Waals surface area contributed by atoms with Gasteiger partial charge < -0.3 is 15.2 Å². The summed E-state index contributed by atoms with van der Waals surface area (Å²) < 4.78 is 5.62. The van der Waals surface area contributed by atoms with Crippen LogP contribution >= 0.6 is 11.6 Å². The summed E-state index contributed by atoms with van der Waals surface area (Å²) in [6.45, 7) is 1.65. The van der Waals surface area contributed by atoms with Gasteiger partial charge in [-0.25, -0.2) is 0 Å². The van der Waals surface area contributed by atoms with Crippen LogP contribution in [0, 0.1) is 0 Å². The second kappa shape index (κ2) is 8.56. The predicted octanol–water partition coefficient (Wildman–Crippen LogP) is 3.35. The zero-order chi connectivity index (χ0) is 16.7. The minimum atomic E-state index is -0.695. The summed E-state index contributed by atoms with van der Waals surface area (Å²) in [6, 6.07) is 16.3. The molecular weight excluding hydrogens is 314 g/mol. The average Bonchev–Trinajstić information content (AvgIpc) is 2.57. The van der Waals surface area contributed by atoms with Gasteiger partial charge in [-0.3, -0.25) is 4.79 Å². The van der Waals surface area contributed by atoms with Gasteiger partial charge in [-0.1, -0.05) is 54.1 Å². The molecule has 2 aromatic rings. The maximum Gasteiger partial charge on any atom is 0.261 e. The van der Waals surface area contributed by atoms with Gasteiger partial charge in [0.25, 0.3) is 5.91 Å². The molecule has 0 saturated heterocycles. The normalized spacial score (nSPS) is 13.2. The number of amides is 1. The highest BCUT2D eigenvalue weighted by Crippen LogP contribution is 2.24. The molecule has 1 amide bonds. The Balaban J connectivity index is 2.02. The SMILES string of the molecule is CC(Oc1ccccc1Cl)C(=O)NC(CCO)c1ccccc1. The van der Waals surface area contributed by atoms with E-state index >= 15 is 0 Å². The third-order valence-electron chi connectivity index (χ3n) is 3.45. The second-order valence-corrected chi connectivity index (χ2v) is 5.58. The first-order valence-electron chi connectivity index (χ1n) is 7.49. The first kappa shape index (κ1) is 17.3. The first-order valence-corrected chi connectivity index (χ1v) is 7.87. The topological polar surface area (TPSA) is 58.6 Å². The van der Waals surface area contributed by atoms with Crippen LogP contribution in [0.25, 0.3) is 0 Å². The van der Waals surface area contributed by atoms with Crippen LogP contribution < -0.4 is 10.1 Å². The lowest BCUT2D eigenvalue weighted by Gasteiger charge is -2.21. The Morgan fingerprint density at radius 3 is 2.48 bits per heavy atom. The van der Waals surface area contributed by atoms with E-state index in [1.807, 2.05) is 30.3 Å². The van der Waals surface area contributed by atoms with Crippen molar-refractivity contribution in [2.75, 3.05) is 6.61 Å². The lowest BCUT2D eigenvalue weighted by atomic mass is 10.0. The molecule has 0 aliphatic heterocycles. The molecule has 0 aliphatic carbocycles. The number of carbonyl (C=O) groups is 1. The van der Waals surface area contributed by atoms with E-state index in [1.54, 1.807) is 31.2 Å². The number of ether oxygens (including phenoxy) is 1. The van der Waals surface area contributed by atoms with Crippen LogP contribution in [0.1, 0.15) is 24.9 Å². The molecule has 23 heavy (non-hydrogen) atoms. The summed E-state index contributed by atoms with van der Waals surface area (Å²) in [5, 5.41) is 12.6. The summed E-state index contributed by atoms with van der Waals surface area (Å²) in [4.78, 5) is 12.4. The number of aliphatic hydroxyl groups is 1. The maximum absolute atomic E-state index is 12.4. The largest absolute Gasteiger partial charge is 0.479 e. The third kappa shape index (κ3) is 4.98. The molecule has 4 nitrogen and oxygen atoms in total. The molecule has 0 spiro atoms. The van der Waals surface area contributed by atoms with Crippen LogP contribution in [0.4, 0.5) is 0 Å². The summed E-state index contributed by atoms with van der Waals surface area (Å²) in [6.07, 6.45) is -0.256. The van der Waals surface area contributed by atoms with Crippen molar-refractivity contribution in [2.24, 2.45) is 0 Å². The molecule has 0 bridgehead atoms. The number of hydrogen-bond acceptors (Lipinski definition) is 3. The van der Waals surface area contributed by atoms with Crippen molar-refractivity contribution in [1.82, 2.24) is 5.32 Å². The molecule has 2 unspecified atom stereocenters. The minimum Gasteiger partial charge on any atom is -0.479 e. The molecule has 2 N–H and O–H groups in total. The predicted molar refractivity (Wildman–Crippen MR) is 90.6 cm³/mol. The number of hydrogen-bond donors (Lipinski definition) is 2. The van der Waals surface area contributed by atoms with Crippen LogP contribution in [-0.4, -0.2) is 23.7 Å². The highest BCUT2D eigenvalue weighted by atomic mass is 35.5. The van der Waals surface area contributed by atoms with Crippen LogP contribution in [0.15, 0.2) is 54.6 Å². The summed E-state index contributed by atoms with van der Waals surface area (Å²) in [7, 11) is 0. The number of aliphatic hydroxyl groups excluding tert-OH is 1. The van der Waals surface area contributed by atoms with Crippen molar-refractivity contribution in [3.05, 3.63) is 65.2 Å². The zero-order valence-electron chi connectivity index (χ0n) is 12.9. The van der Waals surface area contributed by atoms with E-state index in [0.717, 1.165) is 5.56 Å². The fourth-order valence-electron chi connectivity index (χ4n) is 2.21. The highest BCUT2D eigenvalue weighted by molar-refractivity contribution is 6.32. The van der Waals surface area contributed by atoms with Gasteiger partial charge in [0.15, 0.2) is 6.10 Å². The Morgan fingerprint density at radius 2 is 1.83 bits per heavy atom. The maximum atomic E-state index is 12.4. The van der Waals surface area contributed by atoms with Gasteiger partial charge in [0.2, 0.25) is 0 Å². The molecule has 2 atom stereocenters. The fourth-order valence-corrected chi connectivity index (χ4v) is 2.39. The van der Waals surface area contributed by atoms with Crippen molar-refractivity contribution >= 4 is 17.5 Å². The second-order valence-electron chi connectivity index (χ2n) is 5.17. The Kier molecular flexibility index (Phi) is 6.44. The van der Waals surface area contributed by atoms with Crippen LogP contribution in [-0.2, 0) is 4.79 Å². The molecular formula is C18H20ClNO3. The summed E-state index contributed by atoms with van der Waals surface area (Å²) in [5.74, 6) is 0.211. The number of carbonyl (C=O) groups excluding carboxylic acids is 1. The van der Waals surface area contributed by atoms with Crippen molar-refractivity contribution in [1.29, 1.82) is 0 Å². The molecule has 0 aromatic heterocycles. The lowest BCUT2D eigenvalue weighted by molar-refractivity contribution is -0.128.